The third-order valence-corrected chi connectivity index (χ3v) is 2.96. The summed E-state index contributed by atoms with van der Waals surface area (Å²) in [4.78, 5) is 12.7. The first-order chi connectivity index (χ1) is 8.29. The van der Waals surface area contributed by atoms with Crippen LogP contribution in [-0.4, -0.2) is 22.0 Å². The Morgan fingerprint density at radius 3 is 2.71 bits per heavy atom. The fraction of sp³-hybridized carbons (Fsp3) is 0.250. The van der Waals surface area contributed by atoms with Gasteiger partial charge in [-0.15, -0.1) is 0 Å². The van der Waals surface area contributed by atoms with Crippen molar-refractivity contribution in [2.75, 3.05) is 7.05 Å². The minimum Gasteiger partial charge on any atom is -0.311 e. The van der Waals surface area contributed by atoms with E-state index in [0.29, 0.717) is 0 Å². The molecule has 0 aliphatic heterocycles. The SMILES string of the molecule is CNC(Cc1ccc(Br)cn1)c1cnccn1. The summed E-state index contributed by atoms with van der Waals surface area (Å²) in [5, 5.41) is 3.23. The maximum atomic E-state index is 4.36. The zero-order valence-corrected chi connectivity index (χ0v) is 11.1. The Bertz CT molecular complexity index is 458. The summed E-state index contributed by atoms with van der Waals surface area (Å²) in [6.07, 6.45) is 7.75. The van der Waals surface area contributed by atoms with Crippen LogP contribution in [0.25, 0.3) is 0 Å². The number of halogens is 1. The van der Waals surface area contributed by atoms with Crippen molar-refractivity contribution in [1.82, 2.24) is 20.3 Å². The van der Waals surface area contributed by atoms with Gasteiger partial charge in [0.05, 0.1) is 11.7 Å². The van der Waals surface area contributed by atoms with E-state index in [2.05, 4.69) is 36.2 Å². The maximum absolute atomic E-state index is 4.36. The van der Waals surface area contributed by atoms with E-state index >= 15 is 0 Å². The van der Waals surface area contributed by atoms with Crippen molar-refractivity contribution in [2.45, 2.75) is 12.5 Å². The van der Waals surface area contributed by atoms with Crippen molar-refractivity contribution in [3.05, 3.63) is 52.8 Å². The topological polar surface area (TPSA) is 50.7 Å². The van der Waals surface area contributed by atoms with Crippen LogP contribution in [0.15, 0.2) is 41.4 Å². The van der Waals surface area contributed by atoms with E-state index in [1.807, 2.05) is 19.2 Å². The predicted octanol–water partition coefficient (Wildman–Crippen LogP) is 2.14. The van der Waals surface area contributed by atoms with Gasteiger partial charge < -0.3 is 5.32 Å². The van der Waals surface area contributed by atoms with Crippen LogP contribution in [0.5, 0.6) is 0 Å². The van der Waals surface area contributed by atoms with Crippen LogP contribution in [0.1, 0.15) is 17.4 Å². The van der Waals surface area contributed by atoms with Crippen molar-refractivity contribution < 1.29 is 0 Å². The Kier molecular flexibility index (Phi) is 4.17. The Morgan fingerprint density at radius 2 is 2.12 bits per heavy atom. The Labute approximate surface area is 109 Å². The van der Waals surface area contributed by atoms with Crippen molar-refractivity contribution in [1.29, 1.82) is 0 Å². The van der Waals surface area contributed by atoms with Gasteiger partial charge in [-0.25, -0.2) is 0 Å². The van der Waals surface area contributed by atoms with Gasteiger partial charge in [0.25, 0.3) is 0 Å². The molecule has 1 unspecified atom stereocenters. The molecule has 0 saturated carbocycles. The normalized spacial score (nSPS) is 12.4. The average Bonchev–Trinajstić information content (AvgIpc) is 2.39. The first kappa shape index (κ1) is 12.1. The summed E-state index contributed by atoms with van der Waals surface area (Å²) >= 11 is 3.37. The highest BCUT2D eigenvalue weighted by atomic mass is 79.9. The molecule has 0 aliphatic carbocycles. The van der Waals surface area contributed by atoms with Crippen LogP contribution < -0.4 is 5.32 Å². The van der Waals surface area contributed by atoms with E-state index in [9.17, 15) is 0 Å². The molecule has 1 N–H and O–H groups in total. The van der Waals surface area contributed by atoms with E-state index < -0.39 is 0 Å². The molecule has 2 aromatic heterocycles. The molecular weight excluding hydrogens is 280 g/mol. The lowest BCUT2D eigenvalue weighted by Gasteiger charge is -2.14. The average molecular weight is 293 g/mol. The molecule has 0 amide bonds. The third-order valence-electron chi connectivity index (χ3n) is 2.49. The van der Waals surface area contributed by atoms with Gasteiger partial charge in [0.1, 0.15) is 0 Å². The number of pyridine rings is 1. The van der Waals surface area contributed by atoms with Crippen LogP contribution in [-0.2, 0) is 6.42 Å². The number of aromatic nitrogens is 3. The number of hydrogen-bond donors (Lipinski definition) is 1. The summed E-state index contributed by atoms with van der Waals surface area (Å²) in [5.74, 6) is 0. The number of likely N-dealkylation sites (N-methyl/N-ethyl adjacent to an activating group) is 1. The lowest BCUT2D eigenvalue weighted by Crippen LogP contribution is -2.20. The van der Waals surface area contributed by atoms with Gasteiger partial charge in [-0.1, -0.05) is 0 Å². The zero-order valence-electron chi connectivity index (χ0n) is 9.47. The molecule has 0 fully saturated rings. The summed E-state index contributed by atoms with van der Waals surface area (Å²) in [7, 11) is 1.91. The molecule has 0 aliphatic rings. The zero-order chi connectivity index (χ0) is 12.1. The van der Waals surface area contributed by atoms with Crippen LogP contribution in [0.2, 0.25) is 0 Å². The molecule has 17 heavy (non-hydrogen) atoms. The second-order valence-corrected chi connectivity index (χ2v) is 4.56. The highest BCUT2D eigenvalue weighted by Gasteiger charge is 2.12. The number of nitrogens with zero attached hydrogens (tertiary/aromatic N) is 3. The van der Waals surface area contributed by atoms with E-state index in [0.717, 1.165) is 22.3 Å². The van der Waals surface area contributed by atoms with Crippen molar-refractivity contribution in [3.8, 4) is 0 Å². The van der Waals surface area contributed by atoms with Crippen LogP contribution in [0.3, 0.4) is 0 Å². The summed E-state index contributed by atoms with van der Waals surface area (Å²) in [5.41, 5.74) is 1.96. The Hall–Kier alpha value is -1.33. The van der Waals surface area contributed by atoms with Gasteiger partial charge in [-0.2, -0.15) is 0 Å². The molecule has 2 heterocycles. The molecule has 0 bridgehead atoms. The maximum Gasteiger partial charge on any atom is 0.0759 e. The highest BCUT2D eigenvalue weighted by molar-refractivity contribution is 9.10. The molecule has 5 heteroatoms. The molecule has 0 saturated heterocycles. The summed E-state index contributed by atoms with van der Waals surface area (Å²) in [6, 6.07) is 4.13. The van der Waals surface area contributed by atoms with Crippen molar-refractivity contribution >= 4 is 15.9 Å². The molecule has 2 aromatic rings. The van der Waals surface area contributed by atoms with Crippen molar-refractivity contribution in [2.24, 2.45) is 0 Å². The number of hydrogen-bond acceptors (Lipinski definition) is 4. The summed E-state index contributed by atoms with van der Waals surface area (Å²) < 4.78 is 0.988. The molecule has 2 rings (SSSR count). The second-order valence-electron chi connectivity index (χ2n) is 3.64. The minimum absolute atomic E-state index is 0.136. The first-order valence-corrected chi connectivity index (χ1v) is 6.12. The predicted molar refractivity (Wildman–Crippen MR) is 69.5 cm³/mol. The first-order valence-electron chi connectivity index (χ1n) is 5.33. The quantitative estimate of drug-likeness (QED) is 0.938. The van der Waals surface area contributed by atoms with Crippen molar-refractivity contribution in [3.63, 3.8) is 0 Å². The lowest BCUT2D eigenvalue weighted by molar-refractivity contribution is 0.566. The molecule has 1 atom stereocenters. The summed E-state index contributed by atoms with van der Waals surface area (Å²) in [6.45, 7) is 0. The number of rotatable bonds is 4. The van der Waals surface area contributed by atoms with Gasteiger partial charge in [0.2, 0.25) is 0 Å². The molecule has 0 aromatic carbocycles. The van der Waals surface area contributed by atoms with Gasteiger partial charge in [-0.05, 0) is 35.1 Å². The molecule has 88 valence electrons. The van der Waals surface area contributed by atoms with Gasteiger partial charge in [0, 0.05) is 41.4 Å². The van der Waals surface area contributed by atoms with E-state index in [4.69, 9.17) is 0 Å². The Balaban J connectivity index is 2.13. The van der Waals surface area contributed by atoms with Gasteiger partial charge >= 0.3 is 0 Å². The monoisotopic (exact) mass is 292 g/mol. The van der Waals surface area contributed by atoms with Crippen LogP contribution in [0.4, 0.5) is 0 Å². The third kappa shape index (κ3) is 3.31. The Morgan fingerprint density at radius 1 is 1.24 bits per heavy atom. The fourth-order valence-corrected chi connectivity index (χ4v) is 1.82. The van der Waals surface area contributed by atoms with E-state index in [-0.39, 0.29) is 6.04 Å². The van der Waals surface area contributed by atoms with Crippen LogP contribution in [0, 0.1) is 0 Å². The largest absolute Gasteiger partial charge is 0.311 e. The van der Waals surface area contributed by atoms with Gasteiger partial charge in [-0.3, -0.25) is 15.0 Å². The molecule has 4 nitrogen and oxygen atoms in total. The second kappa shape index (κ2) is 5.84. The van der Waals surface area contributed by atoms with E-state index in [1.165, 1.54) is 0 Å². The standard InChI is InChI=1S/C12H13BrN4/c1-14-11(12-8-15-4-5-16-12)6-10-3-2-9(13)7-17-10/h2-5,7-8,11,14H,6H2,1H3. The van der Waals surface area contributed by atoms with Gasteiger partial charge in [0.15, 0.2) is 0 Å². The molecule has 0 spiro atoms. The fourth-order valence-electron chi connectivity index (χ4n) is 1.58. The highest BCUT2D eigenvalue weighted by Crippen LogP contribution is 2.15. The van der Waals surface area contributed by atoms with E-state index in [1.54, 1.807) is 24.8 Å². The minimum atomic E-state index is 0.136. The van der Waals surface area contributed by atoms with Crippen LogP contribution >= 0.6 is 15.9 Å². The molecule has 0 radical (unpaired) electrons. The smallest absolute Gasteiger partial charge is 0.0759 e. The lowest BCUT2D eigenvalue weighted by atomic mass is 10.1. The number of nitrogens with one attached hydrogen (secondary N) is 1. The molecular formula is C12H13BrN4.